The van der Waals surface area contributed by atoms with Crippen molar-refractivity contribution in [3.63, 3.8) is 0 Å². The Bertz CT molecular complexity index is 1440. The van der Waals surface area contributed by atoms with Crippen molar-refractivity contribution in [1.82, 2.24) is 30.0 Å². The number of H-pyrrole nitrogens is 1. The fraction of sp³-hybridized carbons (Fsp3) is 0.533. The summed E-state index contributed by atoms with van der Waals surface area (Å²) in [7, 11) is 1.91. The van der Waals surface area contributed by atoms with Gasteiger partial charge in [0.15, 0.2) is 0 Å². The number of fused-ring (bicyclic) bond motifs is 1. The maximum absolute atomic E-state index is 12.3. The Kier molecular flexibility index (Phi) is 5.88. The molecule has 3 amide bonds. The van der Waals surface area contributed by atoms with Gasteiger partial charge < -0.3 is 4.57 Å². The number of carbonyl (C=O) groups is 2. The molecule has 2 N–H and O–H groups in total. The van der Waals surface area contributed by atoms with Gasteiger partial charge in [-0.25, -0.2) is 9.78 Å². The van der Waals surface area contributed by atoms with Gasteiger partial charge in [-0.2, -0.15) is 5.10 Å². The highest BCUT2D eigenvalue weighted by Crippen LogP contribution is 2.58. The molecule has 3 fully saturated rings. The van der Waals surface area contributed by atoms with E-state index in [1.165, 1.54) is 73.0 Å². The third-order valence-electron chi connectivity index (χ3n) is 9.74. The largest absolute Gasteiger partial charge is 0.329 e. The lowest BCUT2D eigenvalue weighted by atomic mass is 9.55. The predicted molar refractivity (Wildman–Crippen MR) is 148 cm³/mol. The maximum atomic E-state index is 12.3. The first-order chi connectivity index (χ1) is 18.9. The summed E-state index contributed by atoms with van der Waals surface area (Å²) in [5.74, 6) is 1.88. The van der Waals surface area contributed by atoms with Crippen LogP contribution in [-0.2, 0) is 31.5 Å². The molecule has 9 nitrogen and oxygen atoms in total. The third kappa shape index (κ3) is 4.27. The predicted octanol–water partition coefficient (Wildman–Crippen LogP) is 4.91. The molecule has 39 heavy (non-hydrogen) atoms. The molecule has 2 saturated carbocycles. The van der Waals surface area contributed by atoms with Crippen molar-refractivity contribution in [3.8, 4) is 11.4 Å². The second kappa shape index (κ2) is 9.33. The van der Waals surface area contributed by atoms with Gasteiger partial charge in [-0.3, -0.25) is 25.0 Å². The highest BCUT2D eigenvalue weighted by atomic mass is 16.2. The molecule has 1 spiro atoms. The zero-order chi connectivity index (χ0) is 26.7. The molecule has 204 valence electrons. The van der Waals surface area contributed by atoms with Crippen molar-refractivity contribution in [2.75, 3.05) is 11.4 Å². The lowest BCUT2D eigenvalue weighted by molar-refractivity contribution is -0.120. The second-order valence-corrected chi connectivity index (χ2v) is 12.3. The van der Waals surface area contributed by atoms with Crippen LogP contribution in [0.4, 0.5) is 10.6 Å². The Hall–Kier alpha value is -3.46. The van der Waals surface area contributed by atoms with E-state index >= 15 is 0 Å². The molecule has 0 bridgehead atoms. The van der Waals surface area contributed by atoms with E-state index in [0.717, 1.165) is 31.0 Å². The van der Waals surface area contributed by atoms with Gasteiger partial charge in [0.1, 0.15) is 11.6 Å². The van der Waals surface area contributed by atoms with E-state index in [2.05, 4.69) is 45.4 Å². The molecule has 7 rings (SSSR count). The van der Waals surface area contributed by atoms with Gasteiger partial charge in [0, 0.05) is 51.1 Å². The summed E-state index contributed by atoms with van der Waals surface area (Å²) in [6.45, 7) is 5.29. The van der Waals surface area contributed by atoms with Crippen LogP contribution in [0.2, 0.25) is 0 Å². The third-order valence-corrected chi connectivity index (χ3v) is 9.74. The SMILES string of the molecule is Cc1c(C2CC3(CCCCC3)C2)n[nH]c1CN1Cc2ccc(-c3ncc(N4CCC(=O)NC4=O)n3C)cc2C1. The van der Waals surface area contributed by atoms with E-state index in [1.54, 1.807) is 11.1 Å². The number of rotatable bonds is 5. The molecule has 4 aliphatic rings. The molecule has 3 aromatic rings. The van der Waals surface area contributed by atoms with Crippen LogP contribution in [0.1, 0.15) is 85.4 Å². The van der Waals surface area contributed by atoms with Crippen LogP contribution in [0.5, 0.6) is 0 Å². The van der Waals surface area contributed by atoms with Crippen LogP contribution in [0.15, 0.2) is 24.4 Å². The molecule has 4 heterocycles. The van der Waals surface area contributed by atoms with E-state index in [4.69, 9.17) is 5.10 Å². The van der Waals surface area contributed by atoms with E-state index in [0.29, 0.717) is 30.1 Å². The fourth-order valence-corrected chi connectivity index (χ4v) is 7.53. The number of aromatic amines is 1. The topological polar surface area (TPSA) is 99.2 Å². The van der Waals surface area contributed by atoms with Crippen molar-refractivity contribution in [1.29, 1.82) is 0 Å². The van der Waals surface area contributed by atoms with Gasteiger partial charge in [-0.05, 0) is 60.8 Å². The van der Waals surface area contributed by atoms with Crippen LogP contribution >= 0.6 is 0 Å². The highest BCUT2D eigenvalue weighted by molar-refractivity contribution is 6.05. The van der Waals surface area contributed by atoms with Gasteiger partial charge in [-0.1, -0.05) is 31.4 Å². The monoisotopic (exact) mass is 527 g/mol. The Labute approximate surface area is 229 Å². The van der Waals surface area contributed by atoms with Crippen molar-refractivity contribution < 1.29 is 9.59 Å². The van der Waals surface area contributed by atoms with Gasteiger partial charge in [-0.15, -0.1) is 0 Å². The van der Waals surface area contributed by atoms with Crippen LogP contribution in [-0.4, -0.2) is 43.1 Å². The molecule has 2 aliphatic carbocycles. The Balaban J connectivity index is 1.02. The number of imide groups is 1. The van der Waals surface area contributed by atoms with Gasteiger partial charge >= 0.3 is 6.03 Å². The summed E-state index contributed by atoms with van der Waals surface area (Å²) in [5, 5.41) is 10.6. The number of urea groups is 1. The summed E-state index contributed by atoms with van der Waals surface area (Å²) in [4.78, 5) is 32.6. The Morgan fingerprint density at radius 3 is 2.67 bits per heavy atom. The van der Waals surface area contributed by atoms with Crippen molar-refractivity contribution in [2.24, 2.45) is 12.5 Å². The molecule has 2 aliphatic heterocycles. The van der Waals surface area contributed by atoms with Crippen LogP contribution in [0.3, 0.4) is 0 Å². The number of aromatic nitrogens is 4. The summed E-state index contributed by atoms with van der Waals surface area (Å²) in [5.41, 5.74) is 8.21. The van der Waals surface area contributed by atoms with Crippen LogP contribution in [0.25, 0.3) is 11.4 Å². The molecule has 2 aromatic heterocycles. The fourth-order valence-electron chi connectivity index (χ4n) is 7.53. The number of anilines is 1. The molecule has 1 aromatic carbocycles. The first-order valence-corrected chi connectivity index (χ1v) is 14.4. The Morgan fingerprint density at radius 1 is 1.08 bits per heavy atom. The normalized spacial score (nSPS) is 21.3. The first kappa shape index (κ1) is 24.6. The van der Waals surface area contributed by atoms with Gasteiger partial charge in [0.05, 0.1) is 17.6 Å². The van der Waals surface area contributed by atoms with Crippen molar-refractivity contribution in [3.05, 3.63) is 52.5 Å². The number of hydrogen-bond donors (Lipinski definition) is 2. The maximum Gasteiger partial charge on any atom is 0.329 e. The average Bonchev–Trinajstić information content (AvgIpc) is 3.59. The first-order valence-electron chi connectivity index (χ1n) is 14.4. The lowest BCUT2D eigenvalue weighted by Gasteiger charge is -2.50. The molecule has 0 radical (unpaired) electrons. The smallest absolute Gasteiger partial charge is 0.314 e. The van der Waals surface area contributed by atoms with Gasteiger partial charge in [0.2, 0.25) is 5.91 Å². The zero-order valence-electron chi connectivity index (χ0n) is 22.9. The number of hydrogen-bond acceptors (Lipinski definition) is 5. The molecular weight excluding hydrogens is 490 g/mol. The number of nitrogens with zero attached hydrogens (tertiary/aromatic N) is 5. The summed E-state index contributed by atoms with van der Waals surface area (Å²) in [6, 6.07) is 6.15. The van der Waals surface area contributed by atoms with E-state index in [-0.39, 0.29) is 5.91 Å². The second-order valence-electron chi connectivity index (χ2n) is 12.3. The zero-order valence-corrected chi connectivity index (χ0v) is 22.9. The number of imidazole rings is 1. The number of amides is 3. The summed E-state index contributed by atoms with van der Waals surface area (Å²) in [6.07, 6.45) is 11.7. The molecule has 1 saturated heterocycles. The van der Waals surface area contributed by atoms with Crippen molar-refractivity contribution in [2.45, 2.75) is 83.8 Å². The average molecular weight is 528 g/mol. The number of benzene rings is 1. The molecule has 0 unspecified atom stereocenters. The Morgan fingerprint density at radius 2 is 1.87 bits per heavy atom. The summed E-state index contributed by atoms with van der Waals surface area (Å²) >= 11 is 0. The molecular formula is C30H37N7O2. The minimum atomic E-state index is -0.395. The van der Waals surface area contributed by atoms with Crippen LogP contribution in [0, 0.1) is 12.3 Å². The van der Waals surface area contributed by atoms with E-state index in [1.807, 2.05) is 11.6 Å². The quantitative estimate of drug-likeness (QED) is 0.491. The standard InChI is InChI=1S/C30H37N7O2/c1-19-24(33-34-27(19)23-13-30(14-23)9-4-3-5-10-30)18-36-16-21-7-6-20(12-22(21)17-36)28-31-15-26(35(28)2)37-11-8-25(38)32-29(37)39/h6-7,12,15,23H,3-5,8-11,13-14,16-18H2,1-2H3,(H,33,34)(H,32,38,39). The molecule has 0 atom stereocenters. The lowest BCUT2D eigenvalue weighted by Crippen LogP contribution is -2.50. The number of nitrogens with one attached hydrogen (secondary N) is 2. The van der Waals surface area contributed by atoms with Gasteiger partial charge in [0.25, 0.3) is 0 Å². The minimum Gasteiger partial charge on any atom is -0.314 e. The minimum absolute atomic E-state index is 0.237. The van der Waals surface area contributed by atoms with Crippen molar-refractivity contribution >= 4 is 17.8 Å². The van der Waals surface area contributed by atoms with Crippen LogP contribution < -0.4 is 10.2 Å². The van der Waals surface area contributed by atoms with E-state index in [9.17, 15) is 9.59 Å². The number of carbonyl (C=O) groups excluding carboxylic acids is 2. The highest BCUT2D eigenvalue weighted by Gasteiger charge is 2.46. The van der Waals surface area contributed by atoms with E-state index < -0.39 is 6.03 Å². The molecule has 9 heteroatoms. The summed E-state index contributed by atoms with van der Waals surface area (Å²) < 4.78 is 1.93.